The van der Waals surface area contributed by atoms with Crippen molar-refractivity contribution in [2.24, 2.45) is 5.92 Å². The number of rotatable bonds is 7. The van der Waals surface area contributed by atoms with Crippen molar-refractivity contribution < 1.29 is 14.3 Å². The minimum atomic E-state index is -0.125. The molecule has 0 bridgehead atoms. The average Bonchev–Trinajstić information content (AvgIpc) is 2.93. The van der Waals surface area contributed by atoms with Gasteiger partial charge in [-0.2, -0.15) is 0 Å². The highest BCUT2D eigenvalue weighted by Crippen LogP contribution is 2.31. The molecule has 5 heteroatoms. The number of piperidine rings is 2. The van der Waals surface area contributed by atoms with E-state index >= 15 is 0 Å². The lowest BCUT2D eigenvalue weighted by molar-refractivity contribution is 0.0366. The fourth-order valence-corrected chi connectivity index (χ4v) is 5.41. The van der Waals surface area contributed by atoms with Crippen LogP contribution in [-0.2, 0) is 0 Å². The van der Waals surface area contributed by atoms with Crippen LogP contribution in [0.25, 0.3) is 11.1 Å². The third kappa shape index (κ3) is 5.68. The maximum Gasteiger partial charge on any atom is 0.255 e. The van der Waals surface area contributed by atoms with Gasteiger partial charge in [0.15, 0.2) is 0 Å². The summed E-state index contributed by atoms with van der Waals surface area (Å²) in [6.07, 6.45) is 6.52. The zero-order valence-electron chi connectivity index (χ0n) is 20.4. The van der Waals surface area contributed by atoms with Gasteiger partial charge in [0, 0.05) is 23.2 Å². The van der Waals surface area contributed by atoms with Gasteiger partial charge in [0.2, 0.25) is 0 Å². The van der Waals surface area contributed by atoms with E-state index < -0.39 is 0 Å². The van der Waals surface area contributed by atoms with Crippen LogP contribution in [0.1, 0.15) is 42.5 Å². The molecule has 3 aromatic carbocycles. The van der Waals surface area contributed by atoms with Crippen molar-refractivity contribution in [1.29, 1.82) is 0 Å². The van der Waals surface area contributed by atoms with Crippen molar-refractivity contribution in [2.75, 3.05) is 32.1 Å². The van der Waals surface area contributed by atoms with E-state index in [2.05, 4.69) is 10.2 Å². The molecule has 0 saturated carbocycles. The molecule has 35 heavy (non-hydrogen) atoms. The average molecular weight is 471 g/mol. The highest BCUT2D eigenvalue weighted by Gasteiger charge is 2.33. The molecule has 5 rings (SSSR count). The van der Waals surface area contributed by atoms with Crippen LogP contribution in [0.5, 0.6) is 11.5 Å². The van der Waals surface area contributed by atoms with Crippen LogP contribution < -0.4 is 14.8 Å². The van der Waals surface area contributed by atoms with Crippen LogP contribution in [0.4, 0.5) is 5.69 Å². The van der Waals surface area contributed by atoms with E-state index in [9.17, 15) is 4.79 Å². The molecule has 0 aromatic heterocycles. The maximum atomic E-state index is 12.7. The number of nitrogens with zero attached hydrogens (tertiary/aromatic N) is 1. The first-order chi connectivity index (χ1) is 17.2. The normalized spacial score (nSPS) is 20.0. The van der Waals surface area contributed by atoms with Crippen LogP contribution >= 0.6 is 0 Å². The Balaban J connectivity index is 1.14. The van der Waals surface area contributed by atoms with E-state index in [0.717, 1.165) is 34.9 Å². The van der Waals surface area contributed by atoms with Crippen LogP contribution in [0.2, 0.25) is 0 Å². The zero-order valence-corrected chi connectivity index (χ0v) is 20.4. The Morgan fingerprint density at radius 1 is 0.829 bits per heavy atom. The lowest BCUT2D eigenvalue weighted by Crippen LogP contribution is -2.49. The Morgan fingerprint density at radius 2 is 1.49 bits per heavy atom. The molecular formula is C30H34N2O3. The molecule has 0 radical (unpaired) electrons. The van der Waals surface area contributed by atoms with E-state index in [1.54, 1.807) is 7.11 Å². The topological polar surface area (TPSA) is 50.8 Å². The van der Waals surface area contributed by atoms with E-state index in [-0.39, 0.29) is 5.91 Å². The predicted octanol–water partition coefficient (Wildman–Crippen LogP) is 6.26. The minimum absolute atomic E-state index is 0.125. The van der Waals surface area contributed by atoms with E-state index in [1.807, 2.05) is 72.8 Å². The number of methoxy groups -OCH3 is 1. The Bertz CT molecular complexity index is 1110. The number of hydrogen-bond donors (Lipinski definition) is 1. The SMILES string of the molecule is COc1ccc(-c2ccc(C(=O)Nc3ccc(OC[C@@H]4CCCN5CCCC[C@H]45)cc3)cc2)cc1. The van der Waals surface area contributed by atoms with Crippen LogP contribution in [0.15, 0.2) is 72.8 Å². The molecule has 182 valence electrons. The second kappa shape index (κ2) is 11.0. The lowest BCUT2D eigenvalue weighted by atomic mass is 9.84. The molecule has 2 fully saturated rings. The predicted molar refractivity (Wildman–Crippen MR) is 140 cm³/mol. The molecule has 1 amide bonds. The van der Waals surface area contributed by atoms with E-state index in [4.69, 9.17) is 9.47 Å². The number of ether oxygens (including phenoxy) is 2. The first-order valence-electron chi connectivity index (χ1n) is 12.7. The van der Waals surface area contributed by atoms with Gasteiger partial charge in [-0.15, -0.1) is 0 Å². The van der Waals surface area contributed by atoms with Crippen molar-refractivity contribution >= 4 is 11.6 Å². The van der Waals surface area contributed by atoms with Crippen molar-refractivity contribution in [3.63, 3.8) is 0 Å². The molecule has 2 heterocycles. The second-order valence-corrected chi connectivity index (χ2v) is 9.60. The Morgan fingerprint density at radius 3 is 2.20 bits per heavy atom. The fraction of sp³-hybridized carbons (Fsp3) is 0.367. The van der Waals surface area contributed by atoms with Crippen molar-refractivity contribution in [2.45, 2.75) is 38.1 Å². The van der Waals surface area contributed by atoms with Gasteiger partial charge in [-0.3, -0.25) is 9.69 Å². The van der Waals surface area contributed by atoms with E-state index in [0.29, 0.717) is 17.5 Å². The zero-order chi connectivity index (χ0) is 24.0. The quantitative estimate of drug-likeness (QED) is 0.443. The number of hydrogen-bond acceptors (Lipinski definition) is 4. The molecule has 2 saturated heterocycles. The molecule has 5 nitrogen and oxygen atoms in total. The summed E-state index contributed by atoms with van der Waals surface area (Å²) in [7, 11) is 1.66. The molecule has 2 aliphatic rings. The minimum Gasteiger partial charge on any atom is -0.497 e. The highest BCUT2D eigenvalue weighted by molar-refractivity contribution is 6.04. The monoisotopic (exact) mass is 470 g/mol. The first kappa shape index (κ1) is 23.4. The van der Waals surface area contributed by atoms with E-state index in [1.165, 1.54) is 45.2 Å². The molecule has 0 aliphatic carbocycles. The summed E-state index contributed by atoms with van der Waals surface area (Å²) >= 11 is 0. The van der Waals surface area contributed by atoms with Crippen LogP contribution in [-0.4, -0.2) is 43.7 Å². The smallest absolute Gasteiger partial charge is 0.255 e. The summed E-state index contributed by atoms with van der Waals surface area (Å²) in [6, 6.07) is 23.9. The molecule has 3 aromatic rings. The van der Waals surface area contributed by atoms with Gasteiger partial charge in [-0.05, 0) is 98.4 Å². The summed E-state index contributed by atoms with van der Waals surface area (Å²) in [5, 5.41) is 2.98. The summed E-state index contributed by atoms with van der Waals surface area (Å²) in [5.74, 6) is 2.18. The number of nitrogens with one attached hydrogen (secondary N) is 1. The Kier molecular flexibility index (Phi) is 7.34. The van der Waals surface area contributed by atoms with Gasteiger partial charge in [0.05, 0.1) is 13.7 Å². The summed E-state index contributed by atoms with van der Waals surface area (Å²) in [4.78, 5) is 15.4. The first-order valence-corrected chi connectivity index (χ1v) is 12.7. The van der Waals surface area contributed by atoms with Gasteiger partial charge in [0.25, 0.3) is 5.91 Å². The molecule has 0 spiro atoms. The number of fused-ring (bicyclic) bond motifs is 1. The number of benzene rings is 3. The maximum absolute atomic E-state index is 12.7. The lowest BCUT2D eigenvalue weighted by Gasteiger charge is -2.44. The van der Waals surface area contributed by atoms with Crippen molar-refractivity contribution in [3.8, 4) is 22.6 Å². The molecular weight excluding hydrogens is 436 g/mol. The molecule has 2 aliphatic heterocycles. The molecule has 1 N–H and O–H groups in total. The number of anilines is 1. The summed E-state index contributed by atoms with van der Waals surface area (Å²) in [6.45, 7) is 3.27. The summed E-state index contributed by atoms with van der Waals surface area (Å²) in [5.41, 5.74) is 3.52. The number of carbonyl (C=O) groups excluding carboxylic acids is 1. The second-order valence-electron chi connectivity index (χ2n) is 9.60. The van der Waals surface area contributed by atoms with Gasteiger partial charge < -0.3 is 14.8 Å². The van der Waals surface area contributed by atoms with Gasteiger partial charge in [-0.25, -0.2) is 0 Å². The third-order valence-electron chi connectivity index (χ3n) is 7.38. The fourth-order valence-electron chi connectivity index (χ4n) is 5.41. The van der Waals surface area contributed by atoms with Crippen LogP contribution in [0, 0.1) is 5.92 Å². The van der Waals surface area contributed by atoms with Gasteiger partial charge >= 0.3 is 0 Å². The molecule has 0 unspecified atom stereocenters. The van der Waals surface area contributed by atoms with Crippen molar-refractivity contribution in [1.82, 2.24) is 4.90 Å². The summed E-state index contributed by atoms with van der Waals surface area (Å²) < 4.78 is 11.4. The Labute approximate surface area is 208 Å². The van der Waals surface area contributed by atoms with Crippen molar-refractivity contribution in [3.05, 3.63) is 78.4 Å². The standard InChI is InChI=1S/C30H34N2O3/c1-34-27-15-11-23(12-16-27)22-7-9-24(10-8-22)30(33)31-26-13-17-28(18-14-26)35-21-25-5-4-20-32-19-3-2-6-29(25)32/h7-18,25,29H,2-6,19-21H2,1H3,(H,31,33)/t25-,29+/m0/s1. The highest BCUT2D eigenvalue weighted by atomic mass is 16.5. The Hall–Kier alpha value is -3.31. The number of carbonyl (C=O) groups is 1. The van der Waals surface area contributed by atoms with Crippen LogP contribution in [0.3, 0.4) is 0 Å². The number of amides is 1. The molecule has 2 atom stereocenters. The largest absolute Gasteiger partial charge is 0.497 e. The van der Waals surface area contributed by atoms with Gasteiger partial charge in [0.1, 0.15) is 11.5 Å². The van der Waals surface area contributed by atoms with Gasteiger partial charge in [-0.1, -0.05) is 30.7 Å². The third-order valence-corrected chi connectivity index (χ3v) is 7.38.